The van der Waals surface area contributed by atoms with Crippen LogP contribution in [0.4, 0.5) is 5.69 Å². The summed E-state index contributed by atoms with van der Waals surface area (Å²) in [6.45, 7) is 0. The minimum absolute atomic E-state index is 0.212. The van der Waals surface area contributed by atoms with Gasteiger partial charge >= 0.3 is 0 Å². The van der Waals surface area contributed by atoms with E-state index in [0.717, 1.165) is 11.0 Å². The Balaban J connectivity index is 1.85. The lowest BCUT2D eigenvalue weighted by molar-refractivity contribution is 0.102. The van der Waals surface area contributed by atoms with Crippen LogP contribution in [0.1, 0.15) is 10.4 Å². The summed E-state index contributed by atoms with van der Waals surface area (Å²) in [4.78, 5) is 19.3. The maximum absolute atomic E-state index is 12.2. The van der Waals surface area contributed by atoms with Crippen LogP contribution < -0.4 is 10.1 Å². The van der Waals surface area contributed by atoms with E-state index in [4.69, 9.17) is 16.3 Å². The lowest BCUT2D eigenvalue weighted by atomic mass is 10.2. The molecule has 1 aromatic heterocycles. The highest BCUT2D eigenvalue weighted by molar-refractivity contribution is 6.32. The Morgan fingerprint density at radius 1 is 1.29 bits per heavy atom. The van der Waals surface area contributed by atoms with E-state index in [-0.39, 0.29) is 5.91 Å². The summed E-state index contributed by atoms with van der Waals surface area (Å²) in [5.41, 5.74) is 2.79. The third-order valence-corrected chi connectivity index (χ3v) is 3.40. The van der Waals surface area contributed by atoms with Crippen LogP contribution >= 0.6 is 11.6 Å². The van der Waals surface area contributed by atoms with Crippen LogP contribution in [-0.2, 0) is 0 Å². The number of anilines is 1. The SMILES string of the molecule is COc1cc(NC(=O)c2ccc3nc[nH]c3c2)ccc1Cl. The van der Waals surface area contributed by atoms with Gasteiger partial charge in [-0.2, -0.15) is 0 Å². The predicted molar refractivity (Wildman–Crippen MR) is 82.1 cm³/mol. The average molecular weight is 302 g/mol. The van der Waals surface area contributed by atoms with Gasteiger partial charge < -0.3 is 15.0 Å². The molecule has 6 heteroatoms. The molecule has 21 heavy (non-hydrogen) atoms. The summed E-state index contributed by atoms with van der Waals surface area (Å²) < 4.78 is 5.12. The Morgan fingerprint density at radius 2 is 2.14 bits per heavy atom. The van der Waals surface area contributed by atoms with Gasteiger partial charge in [0, 0.05) is 17.3 Å². The lowest BCUT2D eigenvalue weighted by Crippen LogP contribution is -2.11. The first-order chi connectivity index (χ1) is 10.2. The smallest absolute Gasteiger partial charge is 0.255 e. The standard InChI is InChI=1S/C15H12ClN3O2/c1-21-14-7-10(3-4-11(14)16)19-15(20)9-2-5-12-13(6-9)18-8-17-12/h2-8H,1H3,(H,17,18)(H,19,20). The average Bonchev–Trinajstić information content (AvgIpc) is 2.96. The summed E-state index contributed by atoms with van der Waals surface area (Å²) in [5.74, 6) is 0.300. The van der Waals surface area contributed by atoms with E-state index in [1.54, 1.807) is 42.7 Å². The van der Waals surface area contributed by atoms with Crippen LogP contribution in [0.15, 0.2) is 42.7 Å². The van der Waals surface area contributed by atoms with Gasteiger partial charge in [-0.1, -0.05) is 11.6 Å². The van der Waals surface area contributed by atoms with Crippen molar-refractivity contribution in [2.75, 3.05) is 12.4 Å². The minimum atomic E-state index is -0.212. The van der Waals surface area contributed by atoms with Crippen molar-refractivity contribution in [2.45, 2.75) is 0 Å². The van der Waals surface area contributed by atoms with Crippen LogP contribution in [0.5, 0.6) is 5.75 Å². The van der Waals surface area contributed by atoms with Crippen molar-refractivity contribution < 1.29 is 9.53 Å². The number of hydrogen-bond acceptors (Lipinski definition) is 3. The van der Waals surface area contributed by atoms with Crippen molar-refractivity contribution >= 4 is 34.2 Å². The quantitative estimate of drug-likeness (QED) is 0.778. The van der Waals surface area contributed by atoms with Crippen molar-refractivity contribution in [1.82, 2.24) is 9.97 Å². The van der Waals surface area contributed by atoms with Gasteiger partial charge in [0.2, 0.25) is 0 Å². The number of nitrogens with one attached hydrogen (secondary N) is 2. The molecule has 5 nitrogen and oxygen atoms in total. The topological polar surface area (TPSA) is 67.0 Å². The highest BCUT2D eigenvalue weighted by Gasteiger charge is 2.09. The monoisotopic (exact) mass is 301 g/mol. The molecule has 2 N–H and O–H groups in total. The Bertz CT molecular complexity index is 814. The number of carbonyl (C=O) groups excluding carboxylic acids is 1. The molecule has 0 radical (unpaired) electrons. The fraction of sp³-hybridized carbons (Fsp3) is 0.0667. The first kappa shape index (κ1) is 13.5. The maximum Gasteiger partial charge on any atom is 0.255 e. The molecule has 0 unspecified atom stereocenters. The zero-order chi connectivity index (χ0) is 14.8. The first-order valence-electron chi connectivity index (χ1n) is 6.25. The van der Waals surface area contributed by atoms with Crippen LogP contribution in [-0.4, -0.2) is 23.0 Å². The summed E-state index contributed by atoms with van der Waals surface area (Å²) in [6.07, 6.45) is 1.59. The molecular weight excluding hydrogens is 290 g/mol. The number of rotatable bonds is 3. The third kappa shape index (κ3) is 2.68. The van der Waals surface area contributed by atoms with Gasteiger partial charge in [0.1, 0.15) is 5.75 Å². The highest BCUT2D eigenvalue weighted by Crippen LogP contribution is 2.27. The van der Waals surface area contributed by atoms with Crippen molar-refractivity contribution in [2.24, 2.45) is 0 Å². The largest absolute Gasteiger partial charge is 0.495 e. The molecule has 0 atom stereocenters. The number of fused-ring (bicyclic) bond motifs is 1. The number of carbonyl (C=O) groups is 1. The van der Waals surface area contributed by atoms with Gasteiger partial charge in [-0.15, -0.1) is 0 Å². The van der Waals surface area contributed by atoms with Crippen LogP contribution in [0.25, 0.3) is 11.0 Å². The Morgan fingerprint density at radius 3 is 2.95 bits per heavy atom. The number of H-pyrrole nitrogens is 1. The Hall–Kier alpha value is -2.53. The zero-order valence-corrected chi connectivity index (χ0v) is 11.9. The van der Waals surface area contributed by atoms with E-state index in [9.17, 15) is 4.79 Å². The summed E-state index contributed by atoms with van der Waals surface area (Å²) in [6, 6.07) is 10.3. The number of imidazole rings is 1. The number of ether oxygens (including phenoxy) is 1. The van der Waals surface area contributed by atoms with E-state index >= 15 is 0 Å². The van der Waals surface area contributed by atoms with E-state index < -0.39 is 0 Å². The van der Waals surface area contributed by atoms with Gasteiger partial charge in [0.15, 0.2) is 0 Å². The molecule has 106 valence electrons. The zero-order valence-electron chi connectivity index (χ0n) is 11.2. The van der Waals surface area contributed by atoms with E-state index in [1.165, 1.54) is 7.11 Å². The first-order valence-corrected chi connectivity index (χ1v) is 6.63. The van der Waals surface area contributed by atoms with Crippen molar-refractivity contribution in [3.05, 3.63) is 53.3 Å². The number of amides is 1. The number of hydrogen-bond donors (Lipinski definition) is 2. The van der Waals surface area contributed by atoms with Crippen LogP contribution in [0.3, 0.4) is 0 Å². The van der Waals surface area contributed by atoms with Crippen molar-refractivity contribution in [3.8, 4) is 5.75 Å². The van der Waals surface area contributed by atoms with Crippen LogP contribution in [0.2, 0.25) is 5.02 Å². The number of methoxy groups -OCH3 is 1. The number of aromatic nitrogens is 2. The summed E-state index contributed by atoms with van der Waals surface area (Å²) in [7, 11) is 1.53. The van der Waals surface area contributed by atoms with Gasteiger partial charge in [-0.25, -0.2) is 4.98 Å². The van der Waals surface area contributed by atoms with Gasteiger partial charge in [0.25, 0.3) is 5.91 Å². The normalized spacial score (nSPS) is 10.6. The molecule has 3 rings (SSSR count). The van der Waals surface area contributed by atoms with Crippen molar-refractivity contribution in [1.29, 1.82) is 0 Å². The van der Waals surface area contributed by atoms with Crippen LogP contribution in [0, 0.1) is 0 Å². The Kier molecular flexibility index (Phi) is 3.50. The number of nitrogens with zero attached hydrogens (tertiary/aromatic N) is 1. The van der Waals surface area contributed by atoms with E-state index in [2.05, 4.69) is 15.3 Å². The molecule has 1 amide bonds. The molecule has 0 aliphatic heterocycles. The highest BCUT2D eigenvalue weighted by atomic mass is 35.5. The molecule has 0 fully saturated rings. The molecule has 0 aliphatic rings. The number of benzene rings is 2. The summed E-state index contributed by atoms with van der Waals surface area (Å²) >= 11 is 5.95. The lowest BCUT2D eigenvalue weighted by Gasteiger charge is -2.08. The Labute approximate surface area is 125 Å². The van der Waals surface area contributed by atoms with Gasteiger partial charge in [-0.3, -0.25) is 4.79 Å². The minimum Gasteiger partial charge on any atom is -0.495 e. The fourth-order valence-electron chi connectivity index (χ4n) is 2.02. The molecule has 1 heterocycles. The number of aromatic amines is 1. The summed E-state index contributed by atoms with van der Waals surface area (Å²) in [5, 5.41) is 3.30. The number of halogens is 1. The molecular formula is C15H12ClN3O2. The van der Waals surface area contributed by atoms with E-state index in [1.807, 2.05) is 0 Å². The van der Waals surface area contributed by atoms with Gasteiger partial charge in [0.05, 0.1) is 29.5 Å². The third-order valence-electron chi connectivity index (χ3n) is 3.09. The van der Waals surface area contributed by atoms with E-state index in [0.29, 0.717) is 22.0 Å². The molecule has 0 spiro atoms. The maximum atomic E-state index is 12.2. The van der Waals surface area contributed by atoms with Gasteiger partial charge in [-0.05, 0) is 30.3 Å². The molecule has 0 saturated heterocycles. The predicted octanol–water partition coefficient (Wildman–Crippen LogP) is 3.48. The fourth-order valence-corrected chi connectivity index (χ4v) is 2.21. The second-order valence-corrected chi connectivity index (χ2v) is 4.85. The van der Waals surface area contributed by atoms with Crippen molar-refractivity contribution in [3.63, 3.8) is 0 Å². The molecule has 3 aromatic rings. The second-order valence-electron chi connectivity index (χ2n) is 4.44. The molecule has 0 aliphatic carbocycles. The molecule has 0 saturated carbocycles. The molecule has 2 aromatic carbocycles. The molecule has 0 bridgehead atoms. The second kappa shape index (κ2) is 5.46.